The molecule has 1 unspecified atom stereocenters. The quantitative estimate of drug-likeness (QED) is 0.850. The minimum atomic E-state index is 0.233. The van der Waals surface area contributed by atoms with E-state index in [1.165, 1.54) is 18.4 Å². The zero-order valence-electron chi connectivity index (χ0n) is 15.0. The van der Waals surface area contributed by atoms with Gasteiger partial charge in [-0.15, -0.1) is 0 Å². The van der Waals surface area contributed by atoms with Crippen molar-refractivity contribution < 1.29 is 9.53 Å². The molecule has 4 nitrogen and oxygen atoms in total. The number of carbonyl (C=O) groups excluding carboxylic acids is 1. The molecule has 2 saturated heterocycles. The predicted octanol–water partition coefficient (Wildman–Crippen LogP) is 3.17. The first-order valence-corrected chi connectivity index (χ1v) is 9.30. The molecule has 0 N–H and O–H groups in total. The third-order valence-corrected chi connectivity index (χ3v) is 5.45. The zero-order valence-corrected chi connectivity index (χ0v) is 15.0. The molecule has 24 heavy (non-hydrogen) atoms. The van der Waals surface area contributed by atoms with E-state index < -0.39 is 0 Å². The van der Waals surface area contributed by atoms with Crippen LogP contribution < -0.4 is 4.74 Å². The van der Waals surface area contributed by atoms with Crippen molar-refractivity contribution in [3.63, 3.8) is 0 Å². The van der Waals surface area contributed by atoms with Gasteiger partial charge in [-0.1, -0.05) is 19.1 Å². The van der Waals surface area contributed by atoms with Crippen LogP contribution in [0.15, 0.2) is 24.3 Å². The van der Waals surface area contributed by atoms with E-state index in [2.05, 4.69) is 28.9 Å². The summed E-state index contributed by atoms with van der Waals surface area (Å²) in [7, 11) is 1.71. The molecule has 4 heteroatoms. The zero-order chi connectivity index (χ0) is 16.9. The normalized spacial score (nSPS) is 23.2. The lowest BCUT2D eigenvalue weighted by molar-refractivity contribution is -0.138. The lowest BCUT2D eigenvalue weighted by atomic mass is 9.92. The summed E-state index contributed by atoms with van der Waals surface area (Å²) in [4.78, 5) is 17.3. The van der Waals surface area contributed by atoms with Gasteiger partial charge in [-0.3, -0.25) is 9.69 Å². The lowest BCUT2D eigenvalue weighted by Gasteiger charge is -2.37. The number of likely N-dealkylation sites (tertiary alicyclic amines) is 2. The van der Waals surface area contributed by atoms with Gasteiger partial charge in [-0.25, -0.2) is 0 Å². The Labute approximate surface area is 145 Å². The van der Waals surface area contributed by atoms with Crippen molar-refractivity contribution in [2.75, 3.05) is 33.3 Å². The molecule has 1 aromatic carbocycles. The monoisotopic (exact) mass is 330 g/mol. The highest BCUT2D eigenvalue weighted by atomic mass is 16.5. The highest BCUT2D eigenvalue weighted by Crippen LogP contribution is 2.25. The van der Waals surface area contributed by atoms with Crippen LogP contribution in [0.4, 0.5) is 0 Å². The largest absolute Gasteiger partial charge is 0.497 e. The van der Waals surface area contributed by atoms with E-state index in [4.69, 9.17) is 4.74 Å². The Bertz CT molecular complexity index is 552. The van der Waals surface area contributed by atoms with Crippen molar-refractivity contribution in [2.45, 2.75) is 39.2 Å². The Balaban J connectivity index is 1.49. The maximum atomic E-state index is 12.7. The Morgan fingerprint density at radius 1 is 1.21 bits per heavy atom. The molecule has 0 aromatic heterocycles. The van der Waals surface area contributed by atoms with Crippen molar-refractivity contribution in [2.24, 2.45) is 11.8 Å². The first-order chi connectivity index (χ1) is 11.7. The van der Waals surface area contributed by atoms with E-state index in [-0.39, 0.29) is 5.92 Å². The molecule has 0 spiro atoms. The number of nitrogens with zero attached hydrogens (tertiary/aromatic N) is 2. The van der Waals surface area contributed by atoms with Crippen molar-refractivity contribution >= 4 is 5.91 Å². The van der Waals surface area contributed by atoms with E-state index in [1.54, 1.807) is 7.11 Å². The van der Waals surface area contributed by atoms with Crippen molar-refractivity contribution in [3.05, 3.63) is 29.8 Å². The van der Waals surface area contributed by atoms with Gasteiger partial charge in [0.25, 0.3) is 0 Å². The second-order valence-electron chi connectivity index (χ2n) is 7.43. The van der Waals surface area contributed by atoms with Crippen molar-refractivity contribution in [1.82, 2.24) is 9.80 Å². The van der Waals surface area contributed by atoms with Gasteiger partial charge >= 0.3 is 0 Å². The molecule has 0 aliphatic carbocycles. The molecule has 2 heterocycles. The minimum Gasteiger partial charge on any atom is -0.497 e. The van der Waals surface area contributed by atoms with Gasteiger partial charge in [-0.2, -0.15) is 0 Å². The average Bonchev–Trinajstić information content (AvgIpc) is 2.62. The van der Waals surface area contributed by atoms with Crippen LogP contribution >= 0.6 is 0 Å². The smallest absolute Gasteiger partial charge is 0.225 e. The van der Waals surface area contributed by atoms with Crippen LogP contribution in [0.3, 0.4) is 0 Å². The number of hydrogen-bond acceptors (Lipinski definition) is 3. The fraction of sp³-hybridized carbons (Fsp3) is 0.650. The second-order valence-corrected chi connectivity index (χ2v) is 7.43. The van der Waals surface area contributed by atoms with Crippen molar-refractivity contribution in [3.8, 4) is 5.75 Å². The number of amides is 1. The summed E-state index contributed by atoms with van der Waals surface area (Å²) in [5.41, 5.74) is 1.28. The van der Waals surface area contributed by atoms with E-state index in [1.807, 2.05) is 12.1 Å². The number of hydrogen-bond donors (Lipinski definition) is 0. The summed E-state index contributed by atoms with van der Waals surface area (Å²) >= 11 is 0. The topological polar surface area (TPSA) is 32.8 Å². The third kappa shape index (κ3) is 4.29. The predicted molar refractivity (Wildman–Crippen MR) is 96.0 cm³/mol. The van der Waals surface area contributed by atoms with Gasteiger partial charge in [0.05, 0.1) is 7.11 Å². The Hall–Kier alpha value is -1.55. The van der Waals surface area contributed by atoms with Crippen LogP contribution in [-0.2, 0) is 11.3 Å². The van der Waals surface area contributed by atoms with Crippen LogP contribution in [0.2, 0.25) is 0 Å². The van der Waals surface area contributed by atoms with Gasteiger partial charge in [0.1, 0.15) is 5.75 Å². The van der Waals surface area contributed by atoms with Crippen LogP contribution in [0.1, 0.15) is 38.2 Å². The molecule has 0 radical (unpaired) electrons. The molecule has 0 saturated carbocycles. The Morgan fingerprint density at radius 3 is 2.71 bits per heavy atom. The number of carbonyl (C=O) groups is 1. The van der Waals surface area contributed by atoms with Crippen LogP contribution in [-0.4, -0.2) is 49.0 Å². The summed E-state index contributed by atoms with van der Waals surface area (Å²) in [6.45, 7) is 7.15. The summed E-state index contributed by atoms with van der Waals surface area (Å²) < 4.78 is 5.30. The summed E-state index contributed by atoms with van der Waals surface area (Å²) in [6.07, 6.45) is 4.42. The fourth-order valence-corrected chi connectivity index (χ4v) is 4.01. The molecule has 0 bridgehead atoms. The first kappa shape index (κ1) is 17.3. The maximum Gasteiger partial charge on any atom is 0.225 e. The number of ether oxygens (including phenoxy) is 1. The third-order valence-electron chi connectivity index (χ3n) is 5.45. The Kier molecular flexibility index (Phi) is 5.77. The van der Waals surface area contributed by atoms with Gasteiger partial charge in [0.2, 0.25) is 5.91 Å². The number of rotatable bonds is 4. The highest BCUT2D eigenvalue weighted by molar-refractivity contribution is 5.79. The van der Waals surface area contributed by atoms with Gasteiger partial charge in [-0.05, 0) is 62.4 Å². The van der Waals surface area contributed by atoms with Gasteiger partial charge < -0.3 is 9.64 Å². The van der Waals surface area contributed by atoms with Crippen LogP contribution in [0, 0.1) is 11.8 Å². The first-order valence-electron chi connectivity index (χ1n) is 9.30. The second kappa shape index (κ2) is 8.02. The standard InChI is InChI=1S/C20H30N2O2/c1-16-5-4-10-22(14-16)20(23)18-8-11-21(12-9-18)15-17-6-3-7-19(13-17)24-2/h3,6-7,13,16,18H,4-5,8-12,14-15H2,1-2H3. The molecule has 3 rings (SSSR count). The molecule has 1 atom stereocenters. The van der Waals surface area contributed by atoms with Gasteiger partial charge in [0, 0.05) is 25.6 Å². The SMILES string of the molecule is COc1cccc(CN2CCC(C(=O)N3CCCC(C)C3)CC2)c1. The number of benzene rings is 1. The molecule has 1 amide bonds. The van der Waals surface area contributed by atoms with E-state index in [0.717, 1.165) is 51.3 Å². The van der Waals surface area contributed by atoms with Crippen LogP contribution in [0.25, 0.3) is 0 Å². The average molecular weight is 330 g/mol. The molecule has 2 fully saturated rings. The number of piperidine rings is 2. The summed E-state index contributed by atoms with van der Waals surface area (Å²) in [5, 5.41) is 0. The highest BCUT2D eigenvalue weighted by Gasteiger charge is 2.30. The Morgan fingerprint density at radius 2 is 2.00 bits per heavy atom. The van der Waals surface area contributed by atoms with E-state index >= 15 is 0 Å². The lowest BCUT2D eigenvalue weighted by Crippen LogP contribution is -2.45. The maximum absolute atomic E-state index is 12.7. The summed E-state index contributed by atoms with van der Waals surface area (Å²) in [5.74, 6) is 2.21. The minimum absolute atomic E-state index is 0.233. The fourth-order valence-electron chi connectivity index (χ4n) is 4.01. The molecular weight excluding hydrogens is 300 g/mol. The summed E-state index contributed by atoms with van der Waals surface area (Å²) in [6, 6.07) is 8.28. The molecule has 1 aromatic rings. The van der Waals surface area contributed by atoms with Gasteiger partial charge in [0.15, 0.2) is 0 Å². The molecule has 2 aliphatic heterocycles. The van der Waals surface area contributed by atoms with E-state index in [0.29, 0.717) is 11.8 Å². The molecule has 132 valence electrons. The van der Waals surface area contributed by atoms with Crippen LogP contribution in [0.5, 0.6) is 5.75 Å². The molecule has 2 aliphatic rings. The number of methoxy groups -OCH3 is 1. The molecular formula is C20H30N2O2. The van der Waals surface area contributed by atoms with E-state index in [9.17, 15) is 4.79 Å². The van der Waals surface area contributed by atoms with Crippen molar-refractivity contribution in [1.29, 1.82) is 0 Å².